The van der Waals surface area contributed by atoms with Gasteiger partial charge in [-0.05, 0) is 49.4 Å². The zero-order chi connectivity index (χ0) is 71.7. The molecule has 0 bridgehead atoms. The van der Waals surface area contributed by atoms with E-state index in [4.69, 9.17) is 37.0 Å². The van der Waals surface area contributed by atoms with Crippen molar-refractivity contribution in [3.63, 3.8) is 0 Å². The van der Waals surface area contributed by atoms with Gasteiger partial charge in [-0.2, -0.15) is 0 Å². The van der Waals surface area contributed by atoms with Gasteiger partial charge in [0.15, 0.2) is 12.2 Å². The second-order valence-electron chi connectivity index (χ2n) is 29.8. The SMILES string of the molecule is CCC(C)CCCCCCCCCCCCC(=O)O[C@H](COC(=O)CCCCCCCCCCC(C)C)COP(=O)(O)OC[C@H](O)COP(=O)(O)OC[C@@H](COC(=O)CCCCCCCCCCCCCCC(C)C)OC(=O)CCCCCCCCCCCCCCCCC(C)C. The van der Waals surface area contributed by atoms with Crippen LogP contribution in [0.3, 0.4) is 0 Å². The maximum Gasteiger partial charge on any atom is 0.472 e. The molecule has 576 valence electrons. The fourth-order valence-electron chi connectivity index (χ4n) is 11.9. The highest BCUT2D eigenvalue weighted by Gasteiger charge is 2.30. The van der Waals surface area contributed by atoms with Crippen LogP contribution in [0.15, 0.2) is 0 Å². The molecule has 0 saturated heterocycles. The summed E-state index contributed by atoms with van der Waals surface area (Å²) >= 11 is 0. The number of carbonyl (C=O) groups is 4. The third kappa shape index (κ3) is 70.9. The molecule has 0 aromatic rings. The average Bonchev–Trinajstić information content (AvgIpc) is 3.43. The number of hydrogen-bond donors (Lipinski definition) is 3. The van der Waals surface area contributed by atoms with Crippen molar-refractivity contribution in [2.75, 3.05) is 39.6 Å². The van der Waals surface area contributed by atoms with Crippen molar-refractivity contribution in [2.24, 2.45) is 23.7 Å². The molecule has 97 heavy (non-hydrogen) atoms. The Bertz CT molecular complexity index is 1900. The van der Waals surface area contributed by atoms with E-state index in [2.05, 4.69) is 55.4 Å². The first kappa shape index (κ1) is 95.1. The Hall–Kier alpha value is -1.94. The Morgan fingerprint density at radius 2 is 0.495 bits per heavy atom. The van der Waals surface area contributed by atoms with E-state index < -0.39 is 97.5 Å². The molecule has 0 aliphatic carbocycles. The van der Waals surface area contributed by atoms with Crippen molar-refractivity contribution < 1.29 is 80.2 Å². The van der Waals surface area contributed by atoms with Crippen molar-refractivity contribution in [1.29, 1.82) is 0 Å². The van der Waals surface area contributed by atoms with Crippen LogP contribution < -0.4 is 0 Å². The van der Waals surface area contributed by atoms with Gasteiger partial charge in [0.25, 0.3) is 0 Å². The van der Waals surface area contributed by atoms with Crippen LogP contribution in [0.25, 0.3) is 0 Å². The van der Waals surface area contributed by atoms with Crippen LogP contribution in [0.2, 0.25) is 0 Å². The van der Waals surface area contributed by atoms with E-state index in [-0.39, 0.29) is 25.7 Å². The highest BCUT2D eigenvalue weighted by atomic mass is 31.2. The minimum Gasteiger partial charge on any atom is -0.462 e. The van der Waals surface area contributed by atoms with Crippen LogP contribution in [-0.4, -0.2) is 96.7 Å². The van der Waals surface area contributed by atoms with Crippen molar-refractivity contribution in [2.45, 2.75) is 414 Å². The predicted molar refractivity (Wildman–Crippen MR) is 395 cm³/mol. The van der Waals surface area contributed by atoms with Gasteiger partial charge < -0.3 is 33.8 Å². The molecule has 19 heteroatoms. The van der Waals surface area contributed by atoms with Gasteiger partial charge in [0.05, 0.1) is 26.4 Å². The molecule has 0 spiro atoms. The second-order valence-corrected chi connectivity index (χ2v) is 32.7. The number of hydrogen-bond acceptors (Lipinski definition) is 15. The molecule has 3 unspecified atom stereocenters. The predicted octanol–water partition coefficient (Wildman–Crippen LogP) is 22.8. The number of carbonyl (C=O) groups excluding carboxylic acids is 4. The zero-order valence-corrected chi connectivity index (χ0v) is 65.5. The summed E-state index contributed by atoms with van der Waals surface area (Å²) in [6.07, 6.45) is 52.6. The Kier molecular flexibility index (Phi) is 65.9. The topological polar surface area (TPSA) is 237 Å². The standard InChI is InChI=1S/C78H152O17P2/c1-9-71(8)57-49-41-33-24-20-21-27-37-45-53-61-78(83)95-74(65-89-76(81)59-51-43-35-29-28-32-40-48-56-70(6)7)67-93-97(86,87)91-63-72(79)62-90-96(84,85)92-66-73(64-88-75(80)58-50-42-34-25-18-15-14-17-23-31-39-47-55-69(4)5)94-77(82)60-52-44-36-26-19-13-11-10-12-16-22-30-38-46-54-68(2)3/h68-74,79H,9-67H2,1-8H3,(H,84,85)(H,86,87)/t71?,72-,73-,74-/m1/s1. The third-order valence-corrected chi connectivity index (χ3v) is 20.3. The molecule has 0 aromatic heterocycles. The summed E-state index contributed by atoms with van der Waals surface area (Å²) in [6.45, 7) is 14.2. The molecule has 0 amide bonds. The van der Waals surface area contributed by atoms with Crippen molar-refractivity contribution in [3.05, 3.63) is 0 Å². The lowest BCUT2D eigenvalue weighted by Crippen LogP contribution is -2.30. The van der Waals surface area contributed by atoms with Gasteiger partial charge in [-0.1, -0.05) is 344 Å². The van der Waals surface area contributed by atoms with E-state index in [1.54, 1.807) is 0 Å². The van der Waals surface area contributed by atoms with Gasteiger partial charge in [0.2, 0.25) is 0 Å². The quantitative estimate of drug-likeness (QED) is 0.0222. The lowest BCUT2D eigenvalue weighted by molar-refractivity contribution is -0.161. The average molecular weight is 1420 g/mol. The lowest BCUT2D eigenvalue weighted by atomic mass is 9.99. The highest BCUT2D eigenvalue weighted by molar-refractivity contribution is 7.47. The molecule has 3 N–H and O–H groups in total. The minimum atomic E-state index is -4.96. The molecule has 0 aliphatic heterocycles. The Morgan fingerprint density at radius 1 is 0.289 bits per heavy atom. The molecule has 0 aliphatic rings. The fraction of sp³-hybridized carbons (Fsp3) is 0.949. The molecule has 6 atom stereocenters. The number of aliphatic hydroxyl groups is 1. The summed E-state index contributed by atoms with van der Waals surface area (Å²) in [6, 6.07) is 0. The molecule has 0 heterocycles. The summed E-state index contributed by atoms with van der Waals surface area (Å²) in [5.41, 5.74) is 0. The summed E-state index contributed by atoms with van der Waals surface area (Å²) < 4.78 is 68.6. The van der Waals surface area contributed by atoms with Crippen molar-refractivity contribution in [3.8, 4) is 0 Å². The molecule has 17 nitrogen and oxygen atoms in total. The number of unbranched alkanes of at least 4 members (excludes halogenated alkanes) is 40. The molecule has 0 saturated carbocycles. The van der Waals surface area contributed by atoms with Gasteiger partial charge in [-0.3, -0.25) is 37.3 Å². The molecule has 0 fully saturated rings. The highest BCUT2D eigenvalue weighted by Crippen LogP contribution is 2.45. The monoisotopic (exact) mass is 1420 g/mol. The first-order chi connectivity index (χ1) is 46.6. The maximum absolute atomic E-state index is 13.1. The minimum absolute atomic E-state index is 0.105. The number of phosphoric ester groups is 2. The number of aliphatic hydroxyl groups excluding tert-OH is 1. The first-order valence-electron chi connectivity index (χ1n) is 40.2. The fourth-order valence-corrected chi connectivity index (χ4v) is 13.5. The van der Waals surface area contributed by atoms with Crippen molar-refractivity contribution >= 4 is 39.5 Å². The van der Waals surface area contributed by atoms with E-state index in [1.807, 2.05) is 0 Å². The molecular weight excluding hydrogens is 1270 g/mol. The summed E-state index contributed by atoms with van der Waals surface area (Å²) in [5, 5.41) is 10.6. The van der Waals surface area contributed by atoms with Gasteiger partial charge in [0, 0.05) is 25.7 Å². The molecular formula is C78H152O17P2. The second kappa shape index (κ2) is 67.2. The molecule has 0 rings (SSSR count). The van der Waals surface area contributed by atoms with Crippen LogP contribution in [0.4, 0.5) is 0 Å². The summed E-state index contributed by atoms with van der Waals surface area (Å²) in [5.74, 6) is 0.989. The summed E-state index contributed by atoms with van der Waals surface area (Å²) in [4.78, 5) is 72.9. The Morgan fingerprint density at radius 3 is 0.732 bits per heavy atom. The number of ether oxygens (including phenoxy) is 4. The van der Waals surface area contributed by atoms with Gasteiger partial charge >= 0.3 is 39.5 Å². The Labute approximate surface area is 594 Å². The van der Waals surface area contributed by atoms with Crippen LogP contribution in [-0.2, 0) is 65.4 Å². The van der Waals surface area contributed by atoms with Crippen LogP contribution >= 0.6 is 15.6 Å². The smallest absolute Gasteiger partial charge is 0.462 e. The van der Waals surface area contributed by atoms with E-state index in [0.29, 0.717) is 25.7 Å². The van der Waals surface area contributed by atoms with Crippen LogP contribution in [0, 0.1) is 23.7 Å². The van der Waals surface area contributed by atoms with Gasteiger partial charge in [-0.15, -0.1) is 0 Å². The number of phosphoric acid groups is 2. The van der Waals surface area contributed by atoms with E-state index in [1.165, 1.54) is 199 Å². The van der Waals surface area contributed by atoms with E-state index in [9.17, 15) is 43.2 Å². The molecule has 0 aromatic carbocycles. The normalized spacial score (nSPS) is 14.4. The third-order valence-electron chi connectivity index (χ3n) is 18.4. The largest absolute Gasteiger partial charge is 0.472 e. The molecule has 0 radical (unpaired) electrons. The van der Waals surface area contributed by atoms with E-state index in [0.717, 1.165) is 114 Å². The summed E-state index contributed by atoms with van der Waals surface area (Å²) in [7, 11) is -9.92. The first-order valence-corrected chi connectivity index (χ1v) is 43.2. The van der Waals surface area contributed by atoms with Crippen molar-refractivity contribution in [1.82, 2.24) is 0 Å². The lowest BCUT2D eigenvalue weighted by Gasteiger charge is -2.21. The number of esters is 4. The zero-order valence-electron chi connectivity index (χ0n) is 63.7. The van der Waals surface area contributed by atoms with Crippen LogP contribution in [0.5, 0.6) is 0 Å². The Balaban J connectivity index is 5.27. The maximum atomic E-state index is 13.1. The number of rotatable bonds is 75. The van der Waals surface area contributed by atoms with Gasteiger partial charge in [-0.25, -0.2) is 9.13 Å². The van der Waals surface area contributed by atoms with E-state index >= 15 is 0 Å². The van der Waals surface area contributed by atoms with Gasteiger partial charge in [0.1, 0.15) is 19.3 Å². The van der Waals surface area contributed by atoms with Crippen LogP contribution in [0.1, 0.15) is 396 Å².